The number of hydrogen-bond acceptors (Lipinski definition) is 4. The van der Waals surface area contributed by atoms with Gasteiger partial charge >= 0.3 is 0 Å². The molecule has 3 aromatic rings. The van der Waals surface area contributed by atoms with Gasteiger partial charge in [-0.1, -0.05) is 11.6 Å². The maximum atomic E-state index is 12.8. The molecule has 0 radical (unpaired) electrons. The van der Waals surface area contributed by atoms with Crippen molar-refractivity contribution >= 4 is 28.8 Å². The Morgan fingerprint density at radius 2 is 2.16 bits per heavy atom. The van der Waals surface area contributed by atoms with Gasteiger partial charge in [-0.15, -0.1) is 11.3 Å². The third-order valence-electron chi connectivity index (χ3n) is 4.22. The van der Waals surface area contributed by atoms with Crippen molar-refractivity contribution in [3.63, 3.8) is 0 Å². The maximum Gasteiger partial charge on any atom is 0.272 e. The molecule has 0 unspecified atom stereocenters. The van der Waals surface area contributed by atoms with Gasteiger partial charge in [0, 0.05) is 29.7 Å². The Balaban J connectivity index is 1.84. The van der Waals surface area contributed by atoms with Crippen LogP contribution in [0.3, 0.4) is 0 Å². The van der Waals surface area contributed by atoms with E-state index in [2.05, 4.69) is 15.3 Å². The summed E-state index contributed by atoms with van der Waals surface area (Å²) in [5.41, 5.74) is 4.09. The lowest BCUT2D eigenvalue weighted by Crippen LogP contribution is -2.30. The van der Waals surface area contributed by atoms with Crippen LogP contribution < -0.4 is 0 Å². The highest BCUT2D eigenvalue weighted by atomic mass is 35.5. The largest absolute Gasteiger partial charge is 0.332 e. The summed E-state index contributed by atoms with van der Waals surface area (Å²) in [6.07, 6.45) is 0. The number of carbonyl (C=O) groups excluding carboxylic acids is 1. The van der Waals surface area contributed by atoms with Gasteiger partial charge in [0.05, 0.1) is 22.3 Å². The summed E-state index contributed by atoms with van der Waals surface area (Å²) >= 11 is 7.46. The van der Waals surface area contributed by atoms with Gasteiger partial charge < -0.3 is 4.90 Å². The number of thiophene rings is 1. The maximum absolute atomic E-state index is 12.8. The number of amides is 1. The predicted molar refractivity (Wildman–Crippen MR) is 100 cm³/mol. The molecule has 3 heterocycles. The Bertz CT molecular complexity index is 910. The standard InChI is InChI=1S/C17H20ClN5OS/c1-5-23(9-12-6-7-15(18)25-12)17(24)14-8-13(19-20-14)16-10(2)21-22(4)11(16)3/h6-8H,5,9H2,1-4H3,(H,19,20). The molecule has 25 heavy (non-hydrogen) atoms. The smallest absolute Gasteiger partial charge is 0.272 e. The van der Waals surface area contributed by atoms with Crippen molar-refractivity contribution in [1.82, 2.24) is 24.9 Å². The van der Waals surface area contributed by atoms with E-state index in [1.807, 2.05) is 44.6 Å². The van der Waals surface area contributed by atoms with Gasteiger partial charge in [-0.25, -0.2) is 0 Å². The van der Waals surface area contributed by atoms with E-state index in [1.165, 1.54) is 11.3 Å². The number of rotatable bonds is 5. The van der Waals surface area contributed by atoms with E-state index in [0.29, 0.717) is 18.8 Å². The van der Waals surface area contributed by atoms with E-state index in [4.69, 9.17) is 11.6 Å². The Kier molecular flexibility index (Phi) is 4.96. The van der Waals surface area contributed by atoms with Crippen LogP contribution in [0.25, 0.3) is 11.3 Å². The molecule has 0 aliphatic heterocycles. The molecule has 0 saturated carbocycles. The second-order valence-corrected chi connectivity index (χ2v) is 7.66. The van der Waals surface area contributed by atoms with Gasteiger partial charge in [0.25, 0.3) is 5.91 Å². The van der Waals surface area contributed by atoms with Crippen molar-refractivity contribution in [1.29, 1.82) is 0 Å². The highest BCUT2D eigenvalue weighted by molar-refractivity contribution is 7.16. The van der Waals surface area contributed by atoms with Gasteiger partial charge in [-0.2, -0.15) is 10.2 Å². The molecule has 1 amide bonds. The van der Waals surface area contributed by atoms with Gasteiger partial charge in [-0.05, 0) is 39.0 Å². The van der Waals surface area contributed by atoms with Crippen LogP contribution in [0, 0.1) is 13.8 Å². The minimum atomic E-state index is -0.0787. The summed E-state index contributed by atoms with van der Waals surface area (Å²) in [5, 5.41) is 11.6. The molecule has 6 nitrogen and oxygen atoms in total. The summed E-state index contributed by atoms with van der Waals surface area (Å²) in [6, 6.07) is 5.59. The zero-order chi connectivity index (χ0) is 18.1. The molecule has 0 fully saturated rings. The van der Waals surface area contributed by atoms with E-state index in [0.717, 1.165) is 31.9 Å². The van der Waals surface area contributed by atoms with Crippen LogP contribution in [-0.4, -0.2) is 37.3 Å². The molecule has 0 saturated heterocycles. The van der Waals surface area contributed by atoms with Crippen molar-refractivity contribution in [3.8, 4) is 11.3 Å². The summed E-state index contributed by atoms with van der Waals surface area (Å²) in [7, 11) is 1.90. The van der Waals surface area contributed by atoms with E-state index in [9.17, 15) is 4.79 Å². The lowest BCUT2D eigenvalue weighted by atomic mass is 10.1. The van der Waals surface area contributed by atoms with Crippen LogP contribution in [0.2, 0.25) is 4.34 Å². The summed E-state index contributed by atoms with van der Waals surface area (Å²) in [6.45, 7) is 7.03. The number of hydrogen-bond donors (Lipinski definition) is 1. The highest BCUT2D eigenvalue weighted by Gasteiger charge is 2.20. The Hall–Kier alpha value is -2.12. The summed E-state index contributed by atoms with van der Waals surface area (Å²) in [4.78, 5) is 15.6. The quantitative estimate of drug-likeness (QED) is 0.735. The number of aryl methyl sites for hydroxylation is 2. The van der Waals surface area contributed by atoms with Gasteiger partial charge in [-0.3, -0.25) is 14.6 Å². The lowest BCUT2D eigenvalue weighted by Gasteiger charge is -2.19. The monoisotopic (exact) mass is 377 g/mol. The third kappa shape index (κ3) is 3.48. The van der Waals surface area contributed by atoms with Crippen LogP contribution in [-0.2, 0) is 13.6 Å². The number of nitrogens with one attached hydrogen (secondary N) is 1. The molecule has 0 spiro atoms. The first-order valence-corrected chi connectivity index (χ1v) is 9.19. The normalized spacial score (nSPS) is 11.1. The number of H-pyrrole nitrogens is 1. The fourth-order valence-electron chi connectivity index (χ4n) is 2.83. The minimum Gasteiger partial charge on any atom is -0.332 e. The van der Waals surface area contributed by atoms with E-state index in [1.54, 1.807) is 11.0 Å². The van der Waals surface area contributed by atoms with Crippen LogP contribution in [0.4, 0.5) is 0 Å². The van der Waals surface area contributed by atoms with Crippen molar-refractivity contribution in [2.45, 2.75) is 27.3 Å². The molecular weight excluding hydrogens is 358 g/mol. The zero-order valence-corrected chi connectivity index (χ0v) is 16.2. The summed E-state index contributed by atoms with van der Waals surface area (Å²) in [5.74, 6) is -0.0787. The van der Waals surface area contributed by atoms with E-state index in [-0.39, 0.29) is 5.91 Å². The van der Waals surface area contributed by atoms with Crippen LogP contribution in [0.1, 0.15) is 33.7 Å². The van der Waals surface area contributed by atoms with Crippen molar-refractivity contribution in [2.24, 2.45) is 7.05 Å². The topological polar surface area (TPSA) is 66.8 Å². The second kappa shape index (κ2) is 7.01. The van der Waals surface area contributed by atoms with Crippen LogP contribution >= 0.6 is 22.9 Å². The number of aromatic amines is 1. The average molecular weight is 378 g/mol. The molecule has 0 aromatic carbocycles. The Morgan fingerprint density at radius 1 is 1.40 bits per heavy atom. The number of aromatic nitrogens is 4. The predicted octanol–water partition coefficient (Wildman–Crippen LogP) is 3.80. The van der Waals surface area contributed by atoms with Crippen molar-refractivity contribution < 1.29 is 4.79 Å². The minimum absolute atomic E-state index is 0.0787. The van der Waals surface area contributed by atoms with E-state index < -0.39 is 0 Å². The number of carbonyl (C=O) groups is 1. The van der Waals surface area contributed by atoms with Crippen LogP contribution in [0.15, 0.2) is 18.2 Å². The molecule has 8 heteroatoms. The molecule has 3 aromatic heterocycles. The first kappa shape index (κ1) is 17.7. The Morgan fingerprint density at radius 3 is 2.72 bits per heavy atom. The highest BCUT2D eigenvalue weighted by Crippen LogP contribution is 2.26. The first-order chi connectivity index (χ1) is 11.9. The molecule has 3 rings (SSSR count). The molecular formula is C17H20ClN5OS. The zero-order valence-electron chi connectivity index (χ0n) is 14.6. The summed E-state index contributed by atoms with van der Waals surface area (Å²) < 4.78 is 2.55. The molecule has 0 aliphatic rings. The second-order valence-electron chi connectivity index (χ2n) is 5.86. The SMILES string of the molecule is CCN(Cc1ccc(Cl)s1)C(=O)c1cc(-c2c(C)nn(C)c2C)n[nH]1. The van der Waals surface area contributed by atoms with Gasteiger partial charge in [0.1, 0.15) is 5.69 Å². The molecule has 0 atom stereocenters. The van der Waals surface area contributed by atoms with Gasteiger partial charge in [0.15, 0.2) is 0 Å². The molecule has 132 valence electrons. The fourth-order valence-corrected chi connectivity index (χ4v) is 3.93. The molecule has 1 N–H and O–H groups in total. The van der Waals surface area contributed by atoms with Crippen LogP contribution in [0.5, 0.6) is 0 Å². The van der Waals surface area contributed by atoms with Gasteiger partial charge in [0.2, 0.25) is 0 Å². The number of nitrogens with zero attached hydrogens (tertiary/aromatic N) is 4. The van der Waals surface area contributed by atoms with Crippen molar-refractivity contribution in [3.05, 3.63) is 44.5 Å². The molecule has 0 aliphatic carbocycles. The average Bonchev–Trinajstić information content (AvgIpc) is 3.26. The molecule has 0 bridgehead atoms. The number of halogens is 1. The fraction of sp³-hybridized carbons (Fsp3) is 0.353. The first-order valence-electron chi connectivity index (χ1n) is 8.00. The van der Waals surface area contributed by atoms with E-state index >= 15 is 0 Å². The Labute approximate surface area is 155 Å². The van der Waals surface area contributed by atoms with Crippen molar-refractivity contribution in [2.75, 3.05) is 6.54 Å². The third-order valence-corrected chi connectivity index (χ3v) is 5.43. The lowest BCUT2D eigenvalue weighted by molar-refractivity contribution is 0.0748.